The molecule has 0 atom stereocenters. The second kappa shape index (κ2) is 11.5. The van der Waals surface area contributed by atoms with Crippen LogP contribution in [0.2, 0.25) is 0 Å². The van der Waals surface area contributed by atoms with Gasteiger partial charge in [0.05, 0.1) is 12.2 Å². The third-order valence-electron chi connectivity index (χ3n) is 4.54. The fraction of sp³-hybridized carbons (Fsp3) is 0.400. The third-order valence-corrected chi connectivity index (χ3v) is 4.54. The normalized spacial score (nSPS) is 14.2. The van der Waals surface area contributed by atoms with Gasteiger partial charge >= 0.3 is 5.97 Å². The van der Waals surface area contributed by atoms with Gasteiger partial charge in [-0.1, -0.05) is 12.1 Å². The van der Waals surface area contributed by atoms with Gasteiger partial charge in [-0.3, -0.25) is 4.99 Å². The van der Waals surface area contributed by atoms with Gasteiger partial charge in [-0.2, -0.15) is 0 Å². The lowest BCUT2D eigenvalue weighted by atomic mass is 10.1. The Kier molecular flexibility index (Phi) is 9.10. The molecule has 0 unspecified atom stereocenters. The van der Waals surface area contributed by atoms with Crippen molar-refractivity contribution in [3.05, 3.63) is 53.9 Å². The van der Waals surface area contributed by atoms with Crippen LogP contribution in [0.3, 0.4) is 0 Å². The summed E-state index contributed by atoms with van der Waals surface area (Å²) < 4.78 is 5.01. The van der Waals surface area contributed by atoms with Gasteiger partial charge in [0, 0.05) is 52.2 Å². The van der Waals surface area contributed by atoms with Crippen LogP contribution in [0.1, 0.15) is 22.8 Å². The van der Waals surface area contributed by atoms with Gasteiger partial charge in [-0.05, 0) is 30.7 Å². The van der Waals surface area contributed by atoms with Crippen molar-refractivity contribution in [1.29, 1.82) is 0 Å². The molecule has 0 saturated carbocycles. The van der Waals surface area contributed by atoms with Crippen molar-refractivity contribution in [1.82, 2.24) is 20.2 Å². The Morgan fingerprint density at radius 1 is 1.14 bits per heavy atom. The van der Waals surface area contributed by atoms with Crippen LogP contribution < -0.4 is 10.2 Å². The molecule has 1 aromatic carbocycles. The number of carbonyl (C=O) groups is 1. The van der Waals surface area contributed by atoms with Crippen LogP contribution in [0.5, 0.6) is 0 Å². The van der Waals surface area contributed by atoms with Crippen molar-refractivity contribution < 1.29 is 9.53 Å². The van der Waals surface area contributed by atoms with E-state index < -0.39 is 0 Å². The topological polar surface area (TPSA) is 83.0 Å². The number of hydrogen-bond acceptors (Lipinski definition) is 6. The zero-order valence-electron chi connectivity index (χ0n) is 16.7. The zero-order valence-corrected chi connectivity index (χ0v) is 19.1. The number of nitrogens with one attached hydrogen (secondary N) is 1. The van der Waals surface area contributed by atoms with Crippen LogP contribution in [0, 0.1) is 0 Å². The maximum absolute atomic E-state index is 11.7. The molecule has 1 fully saturated rings. The highest BCUT2D eigenvalue weighted by Gasteiger charge is 2.21. The molecule has 1 aliphatic heterocycles. The molecule has 0 amide bonds. The molecule has 3 rings (SSSR count). The largest absolute Gasteiger partial charge is 0.462 e. The Hall–Kier alpha value is -2.43. The van der Waals surface area contributed by atoms with Gasteiger partial charge in [-0.25, -0.2) is 14.8 Å². The summed E-state index contributed by atoms with van der Waals surface area (Å²) in [5.41, 5.74) is 1.64. The van der Waals surface area contributed by atoms with Gasteiger partial charge < -0.3 is 19.9 Å². The van der Waals surface area contributed by atoms with E-state index in [-0.39, 0.29) is 29.9 Å². The molecular weight excluding hydrogens is 483 g/mol. The summed E-state index contributed by atoms with van der Waals surface area (Å²) in [5, 5.41) is 3.39. The number of hydrogen-bond donors (Lipinski definition) is 1. The maximum atomic E-state index is 11.7. The molecule has 8 nitrogen and oxygen atoms in total. The quantitative estimate of drug-likeness (QED) is 0.286. The molecule has 1 aromatic heterocycles. The van der Waals surface area contributed by atoms with Crippen LogP contribution in [0.15, 0.2) is 47.7 Å². The molecule has 2 aromatic rings. The standard InChI is InChI=1S/C20H26N6O2.HI/c1-3-28-18(27)17-7-5-16(6-8-17)15-24-19(21-2)25-11-13-26(14-12-25)20-22-9-4-10-23-20;/h4-10H,3,11-15H2,1-2H3,(H,21,24);1H. The Labute approximate surface area is 188 Å². The Morgan fingerprint density at radius 3 is 2.38 bits per heavy atom. The smallest absolute Gasteiger partial charge is 0.338 e. The van der Waals surface area contributed by atoms with E-state index in [1.54, 1.807) is 38.5 Å². The summed E-state index contributed by atoms with van der Waals surface area (Å²) in [7, 11) is 1.79. The summed E-state index contributed by atoms with van der Waals surface area (Å²) in [6, 6.07) is 9.26. The fourth-order valence-electron chi connectivity index (χ4n) is 3.06. The van der Waals surface area contributed by atoms with Crippen molar-refractivity contribution in [3.63, 3.8) is 0 Å². The predicted octanol–water partition coefficient (Wildman–Crippen LogP) is 2.17. The van der Waals surface area contributed by atoms with Crippen LogP contribution in [-0.4, -0.2) is 66.6 Å². The molecule has 1 aliphatic rings. The van der Waals surface area contributed by atoms with Gasteiger partial charge in [0.25, 0.3) is 0 Å². The van der Waals surface area contributed by atoms with Crippen molar-refractivity contribution >= 4 is 41.9 Å². The number of piperazine rings is 1. The highest BCUT2D eigenvalue weighted by Crippen LogP contribution is 2.10. The number of nitrogens with zero attached hydrogens (tertiary/aromatic N) is 5. The minimum absolute atomic E-state index is 0. The second-order valence-electron chi connectivity index (χ2n) is 6.34. The van der Waals surface area contributed by atoms with Crippen LogP contribution >= 0.6 is 24.0 Å². The lowest BCUT2D eigenvalue weighted by molar-refractivity contribution is 0.0526. The first-order valence-corrected chi connectivity index (χ1v) is 9.45. The summed E-state index contributed by atoms with van der Waals surface area (Å²) in [4.78, 5) is 29.2. The zero-order chi connectivity index (χ0) is 19.8. The molecule has 0 bridgehead atoms. The van der Waals surface area contributed by atoms with Crippen molar-refractivity contribution in [3.8, 4) is 0 Å². The number of carbonyl (C=O) groups excluding carboxylic acids is 1. The lowest BCUT2D eigenvalue weighted by Gasteiger charge is -2.36. The number of ether oxygens (including phenoxy) is 1. The van der Waals surface area contributed by atoms with Gasteiger partial charge in [-0.15, -0.1) is 24.0 Å². The van der Waals surface area contributed by atoms with E-state index in [1.807, 2.05) is 18.2 Å². The molecule has 0 aliphatic carbocycles. The first-order valence-electron chi connectivity index (χ1n) is 9.45. The van der Waals surface area contributed by atoms with Crippen LogP contribution in [0.4, 0.5) is 5.95 Å². The summed E-state index contributed by atoms with van der Waals surface area (Å²) in [6.45, 7) is 6.20. The highest BCUT2D eigenvalue weighted by atomic mass is 127. The maximum Gasteiger partial charge on any atom is 0.338 e. The highest BCUT2D eigenvalue weighted by molar-refractivity contribution is 14.0. The average molecular weight is 510 g/mol. The minimum Gasteiger partial charge on any atom is -0.462 e. The molecular formula is C20H27IN6O2. The molecule has 9 heteroatoms. The number of halogens is 1. The number of guanidine groups is 1. The van der Waals surface area contributed by atoms with E-state index in [9.17, 15) is 4.79 Å². The number of esters is 1. The average Bonchev–Trinajstić information content (AvgIpc) is 2.76. The van der Waals surface area contributed by atoms with Crippen molar-refractivity contribution in [2.24, 2.45) is 4.99 Å². The number of benzene rings is 1. The van der Waals surface area contributed by atoms with Gasteiger partial charge in [0.15, 0.2) is 5.96 Å². The monoisotopic (exact) mass is 510 g/mol. The van der Waals surface area contributed by atoms with Crippen molar-refractivity contribution in [2.45, 2.75) is 13.5 Å². The van der Waals surface area contributed by atoms with E-state index in [0.29, 0.717) is 18.7 Å². The minimum atomic E-state index is -0.293. The molecule has 1 saturated heterocycles. The van der Waals surface area contributed by atoms with E-state index in [2.05, 4.69) is 30.1 Å². The second-order valence-corrected chi connectivity index (χ2v) is 6.34. The first-order chi connectivity index (χ1) is 13.7. The summed E-state index contributed by atoms with van der Waals surface area (Å²) in [6.07, 6.45) is 3.53. The molecule has 156 valence electrons. The van der Waals surface area contributed by atoms with Crippen LogP contribution in [-0.2, 0) is 11.3 Å². The van der Waals surface area contributed by atoms with E-state index in [1.165, 1.54) is 0 Å². The number of anilines is 1. The summed E-state index contributed by atoms with van der Waals surface area (Å²) >= 11 is 0. The number of aliphatic imine (C=N–C) groups is 1. The van der Waals surface area contributed by atoms with Crippen molar-refractivity contribution in [2.75, 3.05) is 44.7 Å². The molecule has 1 N–H and O–H groups in total. The van der Waals surface area contributed by atoms with E-state index >= 15 is 0 Å². The van der Waals surface area contributed by atoms with Gasteiger partial charge in [0.2, 0.25) is 5.95 Å². The lowest BCUT2D eigenvalue weighted by Crippen LogP contribution is -2.52. The number of rotatable bonds is 5. The third kappa shape index (κ3) is 6.28. The van der Waals surface area contributed by atoms with Gasteiger partial charge in [0.1, 0.15) is 0 Å². The molecule has 2 heterocycles. The number of aromatic nitrogens is 2. The SMILES string of the molecule is CCOC(=O)c1ccc(CNC(=NC)N2CCN(c3ncccn3)CC2)cc1.I. The Morgan fingerprint density at radius 2 is 1.79 bits per heavy atom. The van der Waals surface area contributed by atoms with E-state index in [4.69, 9.17) is 4.74 Å². The molecule has 0 radical (unpaired) electrons. The predicted molar refractivity (Wildman–Crippen MR) is 124 cm³/mol. The van der Waals surface area contributed by atoms with E-state index in [0.717, 1.165) is 43.7 Å². The fourth-order valence-corrected chi connectivity index (χ4v) is 3.06. The van der Waals surface area contributed by atoms with Crippen LogP contribution in [0.25, 0.3) is 0 Å². The Bertz CT molecular complexity index is 792. The Balaban J connectivity index is 0.00000300. The molecule has 0 spiro atoms. The summed E-state index contributed by atoms with van der Waals surface area (Å²) in [5.74, 6) is 1.34. The first kappa shape index (κ1) is 22.9. The molecule has 29 heavy (non-hydrogen) atoms.